The molecule has 8 heteroatoms. The van der Waals surface area contributed by atoms with E-state index in [1.165, 1.54) is 11.8 Å². The van der Waals surface area contributed by atoms with Crippen molar-refractivity contribution in [2.45, 2.75) is 18.6 Å². The summed E-state index contributed by atoms with van der Waals surface area (Å²) in [5.41, 5.74) is 1.70. The van der Waals surface area contributed by atoms with Crippen LogP contribution in [0.1, 0.15) is 6.92 Å². The van der Waals surface area contributed by atoms with Gasteiger partial charge in [-0.15, -0.1) is 10.2 Å². The second kappa shape index (κ2) is 8.70. The number of hydrogen-bond acceptors (Lipinski definition) is 4. The highest BCUT2D eigenvalue weighted by molar-refractivity contribution is 9.10. The number of anilines is 1. The fourth-order valence-corrected chi connectivity index (χ4v) is 3.55. The largest absolute Gasteiger partial charge is 0.325 e. The molecular weight excluding hydrogens is 436 g/mol. The summed E-state index contributed by atoms with van der Waals surface area (Å²) < 4.78 is 2.96. The Hall–Kier alpha value is -1.83. The molecule has 134 valence electrons. The molecule has 1 heterocycles. The van der Waals surface area contributed by atoms with Crippen LogP contribution in [0.25, 0.3) is 11.4 Å². The maximum absolute atomic E-state index is 12.2. The molecule has 0 aliphatic rings. The zero-order valence-electron chi connectivity index (χ0n) is 13.9. The molecule has 26 heavy (non-hydrogen) atoms. The van der Waals surface area contributed by atoms with Crippen LogP contribution >= 0.6 is 39.3 Å². The van der Waals surface area contributed by atoms with Gasteiger partial charge in [-0.25, -0.2) is 0 Å². The minimum Gasteiger partial charge on any atom is -0.325 e. The highest BCUT2D eigenvalue weighted by Crippen LogP contribution is 2.25. The third-order valence-electron chi connectivity index (χ3n) is 3.60. The van der Waals surface area contributed by atoms with E-state index >= 15 is 0 Å². The average Bonchev–Trinajstić information content (AvgIpc) is 3.05. The van der Waals surface area contributed by atoms with Gasteiger partial charge in [-0.05, 0) is 55.5 Å². The summed E-state index contributed by atoms with van der Waals surface area (Å²) in [6, 6.07) is 14.9. The van der Waals surface area contributed by atoms with Crippen LogP contribution in [0, 0.1) is 0 Å². The van der Waals surface area contributed by atoms with Crippen molar-refractivity contribution in [2.75, 3.05) is 11.1 Å². The molecule has 0 saturated heterocycles. The van der Waals surface area contributed by atoms with Crippen molar-refractivity contribution in [3.63, 3.8) is 0 Å². The van der Waals surface area contributed by atoms with Crippen molar-refractivity contribution in [2.24, 2.45) is 0 Å². The molecule has 3 aromatic rings. The lowest BCUT2D eigenvalue weighted by atomic mass is 10.2. The van der Waals surface area contributed by atoms with Crippen LogP contribution in [0.2, 0.25) is 5.02 Å². The topological polar surface area (TPSA) is 59.8 Å². The molecule has 1 aromatic heterocycles. The first-order chi connectivity index (χ1) is 12.6. The second-order valence-electron chi connectivity index (χ2n) is 5.40. The highest BCUT2D eigenvalue weighted by Gasteiger charge is 2.14. The molecule has 0 spiro atoms. The molecule has 0 unspecified atom stereocenters. The van der Waals surface area contributed by atoms with Gasteiger partial charge in [0.05, 0.1) is 5.75 Å². The Balaban J connectivity index is 1.67. The van der Waals surface area contributed by atoms with Gasteiger partial charge in [0.25, 0.3) is 0 Å². The Morgan fingerprint density at radius 2 is 1.85 bits per heavy atom. The molecule has 1 N–H and O–H groups in total. The van der Waals surface area contributed by atoms with Crippen LogP contribution in [0.3, 0.4) is 0 Å². The molecule has 2 aromatic carbocycles. The van der Waals surface area contributed by atoms with E-state index in [0.717, 1.165) is 21.5 Å². The Kier molecular flexibility index (Phi) is 6.34. The van der Waals surface area contributed by atoms with Crippen molar-refractivity contribution in [3.05, 3.63) is 58.0 Å². The molecule has 1 amide bonds. The van der Waals surface area contributed by atoms with Gasteiger partial charge in [0.2, 0.25) is 5.91 Å². The fraction of sp³-hybridized carbons (Fsp3) is 0.167. The SMILES string of the molecule is CCn1c(SCC(=O)Nc2ccc(Br)cc2)nnc1-c1ccc(Cl)cc1. The van der Waals surface area contributed by atoms with Crippen molar-refractivity contribution in [1.82, 2.24) is 14.8 Å². The average molecular weight is 452 g/mol. The lowest BCUT2D eigenvalue weighted by Crippen LogP contribution is -2.14. The maximum atomic E-state index is 12.2. The summed E-state index contributed by atoms with van der Waals surface area (Å²) in [5, 5.41) is 12.8. The van der Waals surface area contributed by atoms with Crippen molar-refractivity contribution in [3.8, 4) is 11.4 Å². The van der Waals surface area contributed by atoms with E-state index in [9.17, 15) is 4.79 Å². The lowest BCUT2D eigenvalue weighted by molar-refractivity contribution is -0.113. The number of nitrogens with one attached hydrogen (secondary N) is 1. The van der Waals surface area contributed by atoms with E-state index in [0.29, 0.717) is 16.7 Å². The number of hydrogen-bond donors (Lipinski definition) is 1. The van der Waals surface area contributed by atoms with Crippen molar-refractivity contribution < 1.29 is 4.79 Å². The molecule has 0 saturated carbocycles. The molecule has 0 aliphatic heterocycles. The van der Waals surface area contributed by atoms with Crippen LogP contribution < -0.4 is 5.32 Å². The monoisotopic (exact) mass is 450 g/mol. The number of rotatable bonds is 6. The zero-order valence-corrected chi connectivity index (χ0v) is 17.1. The number of benzene rings is 2. The Bertz CT molecular complexity index is 897. The number of thioether (sulfide) groups is 1. The predicted octanol–water partition coefficient (Wildman–Crippen LogP) is 5.11. The van der Waals surface area contributed by atoms with Gasteiger partial charge in [0.1, 0.15) is 0 Å². The van der Waals surface area contributed by atoms with E-state index < -0.39 is 0 Å². The maximum Gasteiger partial charge on any atom is 0.234 e. The van der Waals surface area contributed by atoms with E-state index in [1.54, 1.807) is 0 Å². The van der Waals surface area contributed by atoms with Crippen LogP contribution in [0.15, 0.2) is 58.2 Å². The Morgan fingerprint density at radius 1 is 1.15 bits per heavy atom. The summed E-state index contributed by atoms with van der Waals surface area (Å²) in [6.45, 7) is 2.73. The molecule has 3 rings (SSSR count). The third-order valence-corrected chi connectivity index (χ3v) is 5.34. The van der Waals surface area contributed by atoms with Gasteiger partial charge in [0.15, 0.2) is 11.0 Å². The quantitative estimate of drug-likeness (QED) is 0.529. The minimum atomic E-state index is -0.0870. The van der Waals surface area contributed by atoms with Crippen LogP contribution in [-0.4, -0.2) is 26.4 Å². The molecule has 0 bridgehead atoms. The summed E-state index contributed by atoms with van der Waals surface area (Å²) in [7, 11) is 0. The van der Waals surface area contributed by atoms with Crippen LogP contribution in [0.4, 0.5) is 5.69 Å². The van der Waals surface area contributed by atoms with Gasteiger partial charge in [-0.2, -0.15) is 0 Å². The number of halogens is 2. The van der Waals surface area contributed by atoms with E-state index in [2.05, 4.69) is 31.4 Å². The molecule has 0 atom stereocenters. The summed E-state index contributed by atoms with van der Waals surface area (Å²) in [4.78, 5) is 12.2. The summed E-state index contributed by atoms with van der Waals surface area (Å²) in [6.07, 6.45) is 0. The highest BCUT2D eigenvalue weighted by atomic mass is 79.9. The number of carbonyl (C=O) groups excluding carboxylic acids is 1. The third kappa shape index (κ3) is 4.66. The van der Waals surface area contributed by atoms with Gasteiger partial charge in [0, 0.05) is 27.3 Å². The fourth-order valence-electron chi connectivity index (χ4n) is 2.35. The molecular formula is C18H16BrClN4OS. The Morgan fingerprint density at radius 3 is 2.50 bits per heavy atom. The first kappa shape index (κ1) is 18.9. The van der Waals surface area contributed by atoms with Gasteiger partial charge in [-0.1, -0.05) is 39.3 Å². The van der Waals surface area contributed by atoms with Gasteiger partial charge >= 0.3 is 0 Å². The molecule has 0 radical (unpaired) electrons. The Labute approximate surface area is 169 Å². The van der Waals surface area contributed by atoms with E-state index in [1.807, 2.05) is 60.0 Å². The predicted molar refractivity (Wildman–Crippen MR) is 110 cm³/mol. The van der Waals surface area contributed by atoms with Crippen LogP contribution in [-0.2, 0) is 11.3 Å². The standard InChI is InChI=1S/C18H16BrClN4OS/c1-2-24-17(12-3-7-14(20)8-4-12)22-23-18(24)26-11-16(25)21-15-9-5-13(19)6-10-15/h3-10H,2,11H2,1H3,(H,21,25). The van der Waals surface area contributed by atoms with Gasteiger partial charge < -0.3 is 9.88 Å². The normalized spacial score (nSPS) is 10.7. The molecule has 0 fully saturated rings. The van der Waals surface area contributed by atoms with E-state index in [-0.39, 0.29) is 11.7 Å². The van der Waals surface area contributed by atoms with Crippen LogP contribution in [0.5, 0.6) is 0 Å². The molecule has 0 aliphatic carbocycles. The summed E-state index contributed by atoms with van der Waals surface area (Å²) in [5.74, 6) is 0.936. The number of aromatic nitrogens is 3. The summed E-state index contributed by atoms with van der Waals surface area (Å²) >= 11 is 10.7. The minimum absolute atomic E-state index is 0.0870. The first-order valence-corrected chi connectivity index (χ1v) is 10.1. The number of carbonyl (C=O) groups is 1. The smallest absolute Gasteiger partial charge is 0.234 e. The van der Waals surface area contributed by atoms with Gasteiger partial charge in [-0.3, -0.25) is 4.79 Å². The first-order valence-electron chi connectivity index (χ1n) is 7.94. The van der Waals surface area contributed by atoms with Crippen molar-refractivity contribution in [1.29, 1.82) is 0 Å². The molecule has 5 nitrogen and oxygen atoms in total. The van der Waals surface area contributed by atoms with Crippen molar-refractivity contribution >= 4 is 50.9 Å². The zero-order chi connectivity index (χ0) is 18.5. The number of nitrogens with zero attached hydrogens (tertiary/aromatic N) is 3. The van der Waals surface area contributed by atoms with E-state index in [4.69, 9.17) is 11.6 Å². The second-order valence-corrected chi connectivity index (χ2v) is 7.70. The lowest BCUT2D eigenvalue weighted by Gasteiger charge is -2.08. The number of amides is 1.